The van der Waals surface area contributed by atoms with Crippen LogP contribution in [-0.2, 0) is 0 Å². The predicted octanol–water partition coefficient (Wildman–Crippen LogP) is 3.93. The molecule has 3 bridgehead atoms. The molecular weight excluding hydrogens is 277 g/mol. The first kappa shape index (κ1) is 12.8. The Morgan fingerprint density at radius 3 is 2.43 bits per heavy atom. The van der Waals surface area contributed by atoms with Crippen LogP contribution in [0.25, 0.3) is 11.3 Å². The largest absolute Gasteiger partial charge is 0.257 e. The van der Waals surface area contributed by atoms with E-state index >= 15 is 0 Å². The standard InChI is InChI=1S/C21H20BN/c22-17-2-4-20(23-11-17)12-1-3-18-13-5-15-8-16-6-14(19(18)7-12)10-21(15,16)9-13/h1-4,7,11,13-16H,5-6,8-10H2. The lowest BCUT2D eigenvalue weighted by atomic mass is 9.56. The minimum atomic E-state index is 0.735. The van der Waals surface area contributed by atoms with Gasteiger partial charge in [-0.15, -0.1) is 0 Å². The molecule has 6 rings (SSSR count). The van der Waals surface area contributed by atoms with E-state index in [1.807, 2.05) is 12.1 Å². The zero-order chi connectivity index (χ0) is 15.2. The Hall–Kier alpha value is -1.57. The van der Waals surface area contributed by atoms with Crippen molar-refractivity contribution in [2.75, 3.05) is 0 Å². The minimum Gasteiger partial charge on any atom is -0.257 e. The van der Waals surface area contributed by atoms with Crippen molar-refractivity contribution in [3.05, 3.63) is 47.7 Å². The monoisotopic (exact) mass is 297 g/mol. The third kappa shape index (κ3) is 1.53. The summed E-state index contributed by atoms with van der Waals surface area (Å²) in [6.07, 6.45) is 9.12. The van der Waals surface area contributed by atoms with Crippen molar-refractivity contribution in [3.63, 3.8) is 0 Å². The van der Waals surface area contributed by atoms with E-state index in [9.17, 15) is 0 Å². The molecule has 1 heterocycles. The van der Waals surface area contributed by atoms with E-state index < -0.39 is 0 Å². The number of pyridine rings is 1. The quantitative estimate of drug-likeness (QED) is 0.727. The van der Waals surface area contributed by atoms with Crippen LogP contribution >= 0.6 is 0 Å². The minimum absolute atomic E-state index is 0.735. The smallest absolute Gasteiger partial charge is 0.115 e. The van der Waals surface area contributed by atoms with Crippen molar-refractivity contribution in [1.82, 2.24) is 4.98 Å². The fourth-order valence-electron chi connectivity index (χ4n) is 6.68. The Labute approximate surface area is 138 Å². The molecule has 2 radical (unpaired) electrons. The van der Waals surface area contributed by atoms with Crippen LogP contribution in [0.3, 0.4) is 0 Å². The highest BCUT2D eigenvalue weighted by atomic mass is 14.7. The van der Waals surface area contributed by atoms with Crippen LogP contribution in [0.4, 0.5) is 0 Å². The van der Waals surface area contributed by atoms with Gasteiger partial charge in [-0.05, 0) is 84.5 Å². The summed E-state index contributed by atoms with van der Waals surface area (Å²) < 4.78 is 0. The molecule has 0 N–H and O–H groups in total. The van der Waals surface area contributed by atoms with Crippen LogP contribution in [0.2, 0.25) is 0 Å². The van der Waals surface area contributed by atoms with Crippen LogP contribution in [0.1, 0.15) is 55.1 Å². The zero-order valence-corrected chi connectivity index (χ0v) is 13.3. The van der Waals surface area contributed by atoms with Gasteiger partial charge in [-0.2, -0.15) is 0 Å². The van der Waals surface area contributed by atoms with Crippen molar-refractivity contribution in [3.8, 4) is 11.3 Å². The van der Waals surface area contributed by atoms with Gasteiger partial charge >= 0.3 is 0 Å². The van der Waals surface area contributed by atoms with Crippen LogP contribution in [-0.4, -0.2) is 12.8 Å². The van der Waals surface area contributed by atoms with E-state index in [2.05, 4.69) is 23.2 Å². The fraction of sp³-hybridized carbons (Fsp3) is 0.476. The van der Waals surface area contributed by atoms with Crippen LogP contribution in [0.15, 0.2) is 36.5 Å². The van der Waals surface area contributed by atoms with E-state index in [0.717, 1.165) is 40.2 Å². The van der Waals surface area contributed by atoms with Crippen molar-refractivity contribution < 1.29 is 0 Å². The molecule has 1 aromatic heterocycles. The van der Waals surface area contributed by atoms with E-state index in [0.29, 0.717) is 0 Å². The number of fused-ring (bicyclic) bond motifs is 5. The number of hydrogen-bond donors (Lipinski definition) is 0. The lowest BCUT2D eigenvalue weighted by molar-refractivity contribution is 0.00322. The van der Waals surface area contributed by atoms with Gasteiger partial charge in [-0.3, -0.25) is 4.98 Å². The zero-order valence-electron chi connectivity index (χ0n) is 13.3. The van der Waals surface area contributed by atoms with E-state index in [1.54, 1.807) is 17.3 Å². The third-order valence-electron chi connectivity index (χ3n) is 7.63. The Morgan fingerprint density at radius 1 is 0.913 bits per heavy atom. The molecule has 0 amide bonds. The van der Waals surface area contributed by atoms with Gasteiger partial charge in [0, 0.05) is 11.8 Å². The molecule has 3 fully saturated rings. The van der Waals surface area contributed by atoms with Gasteiger partial charge < -0.3 is 0 Å². The highest BCUT2D eigenvalue weighted by Gasteiger charge is 2.65. The molecule has 1 spiro atoms. The van der Waals surface area contributed by atoms with Crippen molar-refractivity contribution in [1.29, 1.82) is 0 Å². The molecule has 0 saturated heterocycles. The van der Waals surface area contributed by atoms with Gasteiger partial charge in [0.2, 0.25) is 0 Å². The van der Waals surface area contributed by atoms with Crippen LogP contribution in [0, 0.1) is 17.3 Å². The Morgan fingerprint density at radius 2 is 1.70 bits per heavy atom. The maximum absolute atomic E-state index is 5.78. The maximum Gasteiger partial charge on any atom is 0.115 e. The maximum atomic E-state index is 5.78. The first-order chi connectivity index (χ1) is 11.2. The predicted molar refractivity (Wildman–Crippen MR) is 93.0 cm³/mol. The molecular formula is C21H20BN. The summed E-state index contributed by atoms with van der Waals surface area (Å²) in [7, 11) is 5.78. The first-order valence-electron chi connectivity index (χ1n) is 9.09. The molecule has 112 valence electrons. The molecule has 2 aromatic rings. The molecule has 2 heteroatoms. The second kappa shape index (κ2) is 4.09. The molecule has 5 atom stereocenters. The van der Waals surface area contributed by atoms with Gasteiger partial charge in [-0.1, -0.05) is 23.7 Å². The van der Waals surface area contributed by atoms with Crippen molar-refractivity contribution in [2.45, 2.75) is 43.9 Å². The third-order valence-corrected chi connectivity index (χ3v) is 7.63. The molecule has 0 aliphatic heterocycles. The summed E-state index contributed by atoms with van der Waals surface area (Å²) in [4.78, 5) is 4.53. The first-order valence-corrected chi connectivity index (χ1v) is 9.09. The number of rotatable bonds is 1. The fourth-order valence-corrected chi connectivity index (χ4v) is 6.68. The molecule has 5 unspecified atom stereocenters. The molecule has 4 aliphatic rings. The summed E-state index contributed by atoms with van der Waals surface area (Å²) in [5.41, 5.74) is 7.10. The molecule has 4 aliphatic carbocycles. The van der Waals surface area contributed by atoms with E-state index in [4.69, 9.17) is 7.85 Å². The van der Waals surface area contributed by atoms with Gasteiger partial charge in [0.15, 0.2) is 0 Å². The van der Waals surface area contributed by atoms with E-state index in [-0.39, 0.29) is 0 Å². The lowest BCUT2D eigenvalue weighted by Crippen LogP contribution is -2.41. The Kier molecular flexibility index (Phi) is 2.28. The van der Waals surface area contributed by atoms with Gasteiger partial charge in [0.25, 0.3) is 0 Å². The summed E-state index contributed by atoms with van der Waals surface area (Å²) in [5, 5.41) is 0. The topological polar surface area (TPSA) is 12.9 Å². The highest BCUT2D eigenvalue weighted by Crippen LogP contribution is 2.75. The number of benzene rings is 1. The lowest BCUT2D eigenvalue weighted by Gasteiger charge is -2.48. The summed E-state index contributed by atoms with van der Waals surface area (Å²) in [6.45, 7) is 0. The normalized spacial score (nSPS) is 38.8. The molecule has 1 aromatic carbocycles. The highest BCUT2D eigenvalue weighted by molar-refractivity contribution is 6.32. The van der Waals surface area contributed by atoms with E-state index in [1.165, 1.54) is 37.7 Å². The summed E-state index contributed by atoms with van der Waals surface area (Å²) in [5.74, 6) is 3.72. The second-order valence-corrected chi connectivity index (χ2v) is 8.46. The van der Waals surface area contributed by atoms with Gasteiger partial charge in [0.1, 0.15) is 7.85 Å². The average Bonchev–Trinajstić information content (AvgIpc) is 2.98. The Bertz CT molecular complexity index is 811. The number of aromatic nitrogens is 1. The summed E-state index contributed by atoms with van der Waals surface area (Å²) >= 11 is 0. The average molecular weight is 297 g/mol. The molecule has 23 heavy (non-hydrogen) atoms. The summed E-state index contributed by atoms with van der Waals surface area (Å²) in [6, 6.07) is 11.2. The van der Waals surface area contributed by atoms with Crippen molar-refractivity contribution in [2.24, 2.45) is 17.3 Å². The number of hydrogen-bond acceptors (Lipinski definition) is 1. The van der Waals surface area contributed by atoms with Crippen LogP contribution < -0.4 is 5.46 Å². The molecule has 3 saturated carbocycles. The second-order valence-electron chi connectivity index (χ2n) is 8.46. The Balaban J connectivity index is 1.49. The SMILES string of the molecule is [B]c1ccc(-c2ccc3c(c2)C2CC4CC5CC3CC54C2)nc1. The van der Waals surface area contributed by atoms with Gasteiger partial charge in [0.05, 0.1) is 5.69 Å². The molecule has 1 nitrogen and oxygen atoms in total. The van der Waals surface area contributed by atoms with Gasteiger partial charge in [-0.25, -0.2) is 0 Å². The van der Waals surface area contributed by atoms with Crippen molar-refractivity contribution >= 4 is 13.3 Å². The number of nitrogens with zero attached hydrogens (tertiary/aromatic N) is 1. The van der Waals surface area contributed by atoms with Crippen LogP contribution in [0.5, 0.6) is 0 Å².